The molecule has 0 spiro atoms. The van der Waals surface area contributed by atoms with Crippen molar-refractivity contribution >= 4 is 27.0 Å². The molecule has 9 heteroatoms. The molecule has 0 aliphatic carbocycles. The fourth-order valence-electron chi connectivity index (χ4n) is 3.34. The van der Waals surface area contributed by atoms with E-state index in [1.165, 1.54) is 12.3 Å². The first-order chi connectivity index (χ1) is 13.0. The van der Waals surface area contributed by atoms with E-state index in [2.05, 4.69) is 14.7 Å². The van der Waals surface area contributed by atoms with E-state index in [1.807, 2.05) is 35.9 Å². The van der Waals surface area contributed by atoms with Gasteiger partial charge in [0.05, 0.1) is 17.6 Å². The normalized spacial score (nSPS) is 14.9. The summed E-state index contributed by atoms with van der Waals surface area (Å²) in [6.07, 6.45) is 3.31. The van der Waals surface area contributed by atoms with Crippen LogP contribution in [0.4, 0.5) is 0 Å². The zero-order valence-electron chi connectivity index (χ0n) is 15.0. The SMILES string of the molecule is Cn1c(CNS(=O)(=O)c2c[nH]c(C(=O)N3CCCC3)c2)nc2ccccc21. The maximum atomic E-state index is 12.6. The summed E-state index contributed by atoms with van der Waals surface area (Å²) in [5.74, 6) is 0.452. The Kier molecular flexibility index (Phi) is 4.48. The van der Waals surface area contributed by atoms with Crippen LogP contribution < -0.4 is 4.72 Å². The monoisotopic (exact) mass is 387 g/mol. The molecule has 142 valence electrons. The molecule has 0 saturated carbocycles. The highest BCUT2D eigenvalue weighted by atomic mass is 32.2. The minimum Gasteiger partial charge on any atom is -0.356 e. The van der Waals surface area contributed by atoms with E-state index in [4.69, 9.17) is 0 Å². The number of nitrogens with one attached hydrogen (secondary N) is 2. The third kappa shape index (κ3) is 3.35. The summed E-state index contributed by atoms with van der Waals surface area (Å²) >= 11 is 0. The smallest absolute Gasteiger partial charge is 0.270 e. The van der Waals surface area contributed by atoms with Crippen molar-refractivity contribution in [2.45, 2.75) is 24.3 Å². The Morgan fingerprint density at radius 2 is 2.00 bits per heavy atom. The molecule has 1 saturated heterocycles. The van der Waals surface area contributed by atoms with Crippen LogP contribution in [0.2, 0.25) is 0 Å². The number of imidazole rings is 1. The van der Waals surface area contributed by atoms with E-state index < -0.39 is 10.0 Å². The maximum absolute atomic E-state index is 12.6. The van der Waals surface area contributed by atoms with Crippen molar-refractivity contribution in [3.8, 4) is 0 Å². The van der Waals surface area contributed by atoms with Gasteiger partial charge in [0.2, 0.25) is 10.0 Å². The van der Waals surface area contributed by atoms with Gasteiger partial charge in [-0.1, -0.05) is 12.1 Å². The second-order valence-corrected chi connectivity index (χ2v) is 8.42. The predicted molar refractivity (Wildman–Crippen MR) is 101 cm³/mol. The number of carbonyl (C=O) groups is 1. The van der Waals surface area contributed by atoms with Gasteiger partial charge in [-0.2, -0.15) is 0 Å². The molecule has 1 amide bonds. The van der Waals surface area contributed by atoms with Crippen LogP contribution in [-0.2, 0) is 23.6 Å². The van der Waals surface area contributed by atoms with Gasteiger partial charge in [0.25, 0.3) is 5.91 Å². The van der Waals surface area contributed by atoms with Crippen LogP contribution in [0, 0.1) is 0 Å². The van der Waals surface area contributed by atoms with E-state index >= 15 is 0 Å². The highest BCUT2D eigenvalue weighted by molar-refractivity contribution is 7.89. The molecule has 1 fully saturated rings. The molecule has 4 rings (SSSR count). The summed E-state index contributed by atoms with van der Waals surface area (Å²) in [5, 5.41) is 0. The van der Waals surface area contributed by atoms with Gasteiger partial charge in [0, 0.05) is 26.3 Å². The molecule has 27 heavy (non-hydrogen) atoms. The first kappa shape index (κ1) is 17.7. The standard InChI is InChI=1S/C18H21N5O3S/c1-22-16-7-3-2-6-14(16)21-17(22)12-20-27(25,26)13-10-15(19-11-13)18(24)23-8-4-5-9-23/h2-3,6-7,10-11,19-20H,4-5,8-9,12H2,1H3. The van der Waals surface area contributed by atoms with Gasteiger partial charge in [-0.15, -0.1) is 0 Å². The number of H-pyrrole nitrogens is 1. The van der Waals surface area contributed by atoms with E-state index in [-0.39, 0.29) is 17.3 Å². The zero-order chi connectivity index (χ0) is 19.0. The minimum absolute atomic E-state index is 0.0452. The number of carbonyl (C=O) groups excluding carboxylic acids is 1. The van der Waals surface area contributed by atoms with Gasteiger partial charge in [-0.3, -0.25) is 4.79 Å². The number of rotatable bonds is 5. The quantitative estimate of drug-likeness (QED) is 0.695. The van der Waals surface area contributed by atoms with Crippen LogP contribution in [0.25, 0.3) is 11.0 Å². The third-order valence-corrected chi connectivity index (χ3v) is 6.27. The number of fused-ring (bicyclic) bond motifs is 1. The fraction of sp³-hybridized carbons (Fsp3) is 0.333. The van der Waals surface area contributed by atoms with Crippen LogP contribution in [-0.4, -0.2) is 46.8 Å². The second kappa shape index (κ2) is 6.82. The largest absolute Gasteiger partial charge is 0.356 e. The number of sulfonamides is 1. The topological polar surface area (TPSA) is 100 Å². The number of hydrogen-bond donors (Lipinski definition) is 2. The van der Waals surface area contributed by atoms with Crippen molar-refractivity contribution in [3.63, 3.8) is 0 Å². The number of aryl methyl sites for hydroxylation is 1. The zero-order valence-corrected chi connectivity index (χ0v) is 15.8. The number of para-hydroxylation sites is 2. The van der Waals surface area contributed by atoms with Gasteiger partial charge >= 0.3 is 0 Å². The Bertz CT molecular complexity index is 1090. The number of likely N-dealkylation sites (tertiary alicyclic amines) is 1. The average Bonchev–Trinajstić information content (AvgIpc) is 3.41. The minimum atomic E-state index is -3.75. The van der Waals surface area contributed by atoms with Gasteiger partial charge in [-0.05, 0) is 31.0 Å². The molecule has 0 atom stereocenters. The molecule has 1 aromatic carbocycles. The Labute approximate surface area is 157 Å². The van der Waals surface area contributed by atoms with E-state index in [0.29, 0.717) is 24.6 Å². The number of benzene rings is 1. The van der Waals surface area contributed by atoms with Crippen LogP contribution in [0.3, 0.4) is 0 Å². The van der Waals surface area contributed by atoms with Crippen LogP contribution in [0.5, 0.6) is 0 Å². The van der Waals surface area contributed by atoms with Crippen molar-refractivity contribution < 1.29 is 13.2 Å². The van der Waals surface area contributed by atoms with Crippen LogP contribution in [0.1, 0.15) is 29.2 Å². The number of nitrogens with zero attached hydrogens (tertiary/aromatic N) is 3. The van der Waals surface area contributed by atoms with Gasteiger partial charge < -0.3 is 14.5 Å². The number of aromatic amines is 1. The predicted octanol–water partition coefficient (Wildman–Crippen LogP) is 1.62. The number of aromatic nitrogens is 3. The molecule has 0 radical (unpaired) electrons. The van der Waals surface area contributed by atoms with Gasteiger partial charge in [-0.25, -0.2) is 18.1 Å². The van der Waals surface area contributed by atoms with Crippen molar-refractivity contribution in [3.05, 3.63) is 48.0 Å². The van der Waals surface area contributed by atoms with E-state index in [9.17, 15) is 13.2 Å². The van der Waals surface area contributed by atoms with E-state index in [1.54, 1.807) is 4.90 Å². The van der Waals surface area contributed by atoms with Gasteiger partial charge in [0.15, 0.2) is 0 Å². The van der Waals surface area contributed by atoms with E-state index in [0.717, 1.165) is 23.9 Å². The molecule has 1 aliphatic heterocycles. The Hall–Kier alpha value is -2.65. The first-order valence-electron chi connectivity index (χ1n) is 8.83. The van der Waals surface area contributed by atoms with Crippen molar-refractivity contribution in [2.75, 3.05) is 13.1 Å². The molecular weight excluding hydrogens is 366 g/mol. The summed E-state index contributed by atoms with van der Waals surface area (Å²) in [4.78, 5) is 21.4. The molecule has 2 aromatic heterocycles. The lowest BCUT2D eigenvalue weighted by Gasteiger charge is -2.13. The average molecular weight is 387 g/mol. The lowest BCUT2D eigenvalue weighted by Crippen LogP contribution is -2.28. The number of hydrogen-bond acceptors (Lipinski definition) is 4. The highest BCUT2D eigenvalue weighted by Gasteiger charge is 2.24. The Morgan fingerprint density at radius 3 is 2.74 bits per heavy atom. The molecule has 2 N–H and O–H groups in total. The molecule has 0 unspecified atom stereocenters. The molecule has 3 heterocycles. The molecule has 1 aliphatic rings. The second-order valence-electron chi connectivity index (χ2n) is 6.65. The third-order valence-electron chi connectivity index (χ3n) is 4.89. The summed E-state index contributed by atoms with van der Waals surface area (Å²) in [6, 6.07) is 9.01. The van der Waals surface area contributed by atoms with Crippen molar-refractivity contribution in [1.29, 1.82) is 0 Å². The van der Waals surface area contributed by atoms with Crippen molar-refractivity contribution in [2.24, 2.45) is 7.05 Å². The van der Waals surface area contributed by atoms with Gasteiger partial charge in [0.1, 0.15) is 16.4 Å². The summed E-state index contributed by atoms with van der Waals surface area (Å²) in [5.41, 5.74) is 2.04. The summed E-state index contributed by atoms with van der Waals surface area (Å²) < 4.78 is 29.6. The molecular formula is C18H21N5O3S. The summed E-state index contributed by atoms with van der Waals surface area (Å²) in [7, 11) is -1.90. The van der Waals surface area contributed by atoms with Crippen LogP contribution in [0.15, 0.2) is 41.4 Å². The summed E-state index contributed by atoms with van der Waals surface area (Å²) in [6.45, 7) is 1.49. The Morgan fingerprint density at radius 1 is 1.26 bits per heavy atom. The highest BCUT2D eigenvalue weighted by Crippen LogP contribution is 2.17. The Balaban J connectivity index is 1.50. The maximum Gasteiger partial charge on any atom is 0.270 e. The lowest BCUT2D eigenvalue weighted by molar-refractivity contribution is 0.0787. The molecule has 3 aromatic rings. The van der Waals surface area contributed by atoms with Crippen LogP contribution >= 0.6 is 0 Å². The van der Waals surface area contributed by atoms with Crippen molar-refractivity contribution in [1.82, 2.24) is 24.2 Å². The fourth-order valence-corrected chi connectivity index (χ4v) is 4.31. The molecule has 8 nitrogen and oxygen atoms in total. The lowest BCUT2D eigenvalue weighted by atomic mass is 10.3. The first-order valence-corrected chi connectivity index (χ1v) is 10.3. The molecule has 0 bridgehead atoms. The number of amides is 1.